The lowest BCUT2D eigenvalue weighted by atomic mass is 10.1. The Labute approximate surface area is 93.7 Å². The average Bonchev–Trinajstić information content (AvgIpc) is 2.50. The van der Waals surface area contributed by atoms with Gasteiger partial charge in [0.25, 0.3) is 0 Å². The van der Waals surface area contributed by atoms with Gasteiger partial charge in [0.05, 0.1) is 6.26 Å². The quantitative estimate of drug-likeness (QED) is 0.860. The van der Waals surface area contributed by atoms with Gasteiger partial charge in [-0.1, -0.05) is 0 Å². The molecular weight excluding hydrogens is 217 g/mol. The van der Waals surface area contributed by atoms with E-state index in [4.69, 9.17) is 10.2 Å². The van der Waals surface area contributed by atoms with Crippen LogP contribution in [0.25, 0.3) is 11.0 Å². The van der Waals surface area contributed by atoms with Crippen molar-refractivity contribution < 1.29 is 8.81 Å². The summed E-state index contributed by atoms with van der Waals surface area (Å²) in [6.45, 7) is 1.89. The van der Waals surface area contributed by atoms with E-state index in [9.17, 15) is 4.39 Å². The number of fused-ring (bicyclic) bond motifs is 1. The third kappa shape index (κ3) is 2.49. The number of furan rings is 1. The van der Waals surface area contributed by atoms with Crippen molar-refractivity contribution in [3.8, 4) is 0 Å². The highest BCUT2D eigenvalue weighted by Gasteiger charge is 2.08. The molecule has 0 aliphatic carbocycles. The minimum Gasteiger partial charge on any atom is -0.464 e. The Kier molecular flexibility index (Phi) is 3.72. The van der Waals surface area contributed by atoms with Crippen LogP contribution < -0.4 is 5.73 Å². The Morgan fingerprint density at radius 3 is 2.87 bits per heavy atom. The van der Waals surface area contributed by atoms with Crippen molar-refractivity contribution >= 4 is 23.4 Å². The van der Waals surface area contributed by atoms with Crippen LogP contribution in [-0.4, -0.2) is 6.04 Å². The molecule has 15 heavy (non-hydrogen) atoms. The molecule has 0 fully saturated rings. The summed E-state index contributed by atoms with van der Waals surface area (Å²) in [7, 11) is 0. The number of hydrogen-bond donors (Lipinski definition) is 1. The number of benzene rings is 1. The normalized spacial score (nSPS) is 12.5. The van der Waals surface area contributed by atoms with Gasteiger partial charge in [-0.15, -0.1) is 12.4 Å². The summed E-state index contributed by atoms with van der Waals surface area (Å²) in [6.07, 6.45) is 2.19. The fourth-order valence-electron chi connectivity index (χ4n) is 1.61. The zero-order chi connectivity index (χ0) is 10.1. The van der Waals surface area contributed by atoms with Crippen LogP contribution in [0.5, 0.6) is 0 Å². The molecule has 2 nitrogen and oxygen atoms in total. The monoisotopic (exact) mass is 229 g/mol. The maximum Gasteiger partial charge on any atom is 0.137 e. The molecule has 0 aliphatic heterocycles. The van der Waals surface area contributed by atoms with E-state index in [0.29, 0.717) is 6.42 Å². The maximum absolute atomic E-state index is 13.1. The molecule has 1 atom stereocenters. The van der Waals surface area contributed by atoms with Crippen LogP contribution in [0.1, 0.15) is 12.5 Å². The predicted molar refractivity (Wildman–Crippen MR) is 60.8 cm³/mol. The molecule has 1 aromatic heterocycles. The molecule has 0 unspecified atom stereocenters. The van der Waals surface area contributed by atoms with Crippen molar-refractivity contribution in [3.63, 3.8) is 0 Å². The first-order valence-corrected chi connectivity index (χ1v) is 4.58. The van der Waals surface area contributed by atoms with Gasteiger partial charge in [-0.2, -0.15) is 0 Å². The van der Waals surface area contributed by atoms with Crippen molar-refractivity contribution in [2.24, 2.45) is 5.73 Å². The van der Waals surface area contributed by atoms with Gasteiger partial charge in [-0.3, -0.25) is 0 Å². The number of nitrogens with two attached hydrogens (primary N) is 1. The van der Waals surface area contributed by atoms with Crippen molar-refractivity contribution in [1.82, 2.24) is 0 Å². The second-order valence-corrected chi connectivity index (χ2v) is 3.59. The Morgan fingerprint density at radius 2 is 2.20 bits per heavy atom. The highest BCUT2D eigenvalue weighted by Crippen LogP contribution is 2.22. The molecule has 0 radical (unpaired) electrons. The van der Waals surface area contributed by atoms with Gasteiger partial charge in [0.2, 0.25) is 0 Å². The standard InChI is InChI=1S/C11H12FNO.ClH/c1-7(13)4-9-6-10(12)5-8-2-3-14-11(8)9;/h2-3,5-7H,4,13H2,1H3;1H/t7-;/m0./s1. The maximum atomic E-state index is 13.1. The summed E-state index contributed by atoms with van der Waals surface area (Å²) in [6, 6.07) is 4.70. The zero-order valence-corrected chi connectivity index (χ0v) is 9.18. The molecule has 0 amide bonds. The number of halogens is 2. The largest absolute Gasteiger partial charge is 0.464 e. The van der Waals surface area contributed by atoms with Crippen LogP contribution in [0.15, 0.2) is 28.9 Å². The molecule has 4 heteroatoms. The molecule has 0 saturated carbocycles. The van der Waals surface area contributed by atoms with Crippen LogP contribution in [0.2, 0.25) is 0 Å². The highest BCUT2D eigenvalue weighted by molar-refractivity contribution is 5.85. The Morgan fingerprint density at radius 1 is 1.47 bits per heavy atom. The molecule has 2 aromatic rings. The summed E-state index contributed by atoms with van der Waals surface area (Å²) in [5, 5.41) is 0.792. The molecule has 2 N–H and O–H groups in total. The first-order valence-electron chi connectivity index (χ1n) is 4.58. The average molecular weight is 230 g/mol. The fourth-order valence-corrected chi connectivity index (χ4v) is 1.61. The van der Waals surface area contributed by atoms with Gasteiger partial charge in [0, 0.05) is 11.4 Å². The van der Waals surface area contributed by atoms with Gasteiger partial charge in [-0.25, -0.2) is 4.39 Å². The van der Waals surface area contributed by atoms with Gasteiger partial charge in [0.1, 0.15) is 11.4 Å². The Balaban J connectivity index is 0.00000112. The molecule has 0 spiro atoms. The topological polar surface area (TPSA) is 39.2 Å². The molecule has 2 rings (SSSR count). The third-order valence-corrected chi connectivity index (χ3v) is 2.13. The zero-order valence-electron chi connectivity index (χ0n) is 8.37. The van der Waals surface area contributed by atoms with E-state index in [-0.39, 0.29) is 24.3 Å². The molecule has 82 valence electrons. The van der Waals surface area contributed by atoms with Gasteiger partial charge < -0.3 is 10.2 Å². The molecule has 0 saturated heterocycles. The van der Waals surface area contributed by atoms with Crippen molar-refractivity contribution in [3.05, 3.63) is 35.8 Å². The second kappa shape index (κ2) is 4.64. The fraction of sp³-hybridized carbons (Fsp3) is 0.273. The van der Waals surface area contributed by atoms with Crippen LogP contribution in [-0.2, 0) is 6.42 Å². The predicted octanol–water partition coefficient (Wildman–Crippen LogP) is 2.88. The Hall–Kier alpha value is -1.06. The summed E-state index contributed by atoms with van der Waals surface area (Å²) < 4.78 is 18.4. The van der Waals surface area contributed by atoms with E-state index < -0.39 is 0 Å². The summed E-state index contributed by atoms with van der Waals surface area (Å²) in [5.74, 6) is -0.241. The summed E-state index contributed by atoms with van der Waals surface area (Å²) >= 11 is 0. The SMILES string of the molecule is C[C@H](N)Cc1cc(F)cc2ccoc12.Cl. The van der Waals surface area contributed by atoms with Crippen LogP contribution in [0, 0.1) is 5.82 Å². The van der Waals surface area contributed by atoms with Crippen LogP contribution in [0.4, 0.5) is 4.39 Å². The number of hydrogen-bond acceptors (Lipinski definition) is 2. The minimum absolute atomic E-state index is 0. The third-order valence-electron chi connectivity index (χ3n) is 2.13. The van der Waals surface area contributed by atoms with Crippen LogP contribution >= 0.6 is 12.4 Å². The first kappa shape index (κ1) is 12.0. The van der Waals surface area contributed by atoms with Gasteiger partial charge in [-0.05, 0) is 37.1 Å². The number of rotatable bonds is 2. The smallest absolute Gasteiger partial charge is 0.137 e. The lowest BCUT2D eigenvalue weighted by Gasteiger charge is -2.05. The molecule has 1 aromatic carbocycles. The van der Waals surface area contributed by atoms with Crippen molar-refractivity contribution in [2.45, 2.75) is 19.4 Å². The van der Waals surface area contributed by atoms with E-state index >= 15 is 0 Å². The highest BCUT2D eigenvalue weighted by atomic mass is 35.5. The summed E-state index contributed by atoms with van der Waals surface area (Å²) in [4.78, 5) is 0. The van der Waals surface area contributed by atoms with Gasteiger partial charge >= 0.3 is 0 Å². The van der Waals surface area contributed by atoms with Crippen molar-refractivity contribution in [1.29, 1.82) is 0 Å². The minimum atomic E-state index is -0.241. The van der Waals surface area contributed by atoms with Gasteiger partial charge in [0.15, 0.2) is 0 Å². The Bertz CT molecular complexity index is 453. The lowest BCUT2D eigenvalue weighted by molar-refractivity contribution is 0.597. The van der Waals surface area contributed by atoms with E-state index in [2.05, 4.69) is 0 Å². The second-order valence-electron chi connectivity index (χ2n) is 3.59. The van der Waals surface area contributed by atoms with Crippen LogP contribution in [0.3, 0.4) is 0 Å². The molecule has 0 bridgehead atoms. The van der Waals surface area contributed by atoms with E-state index in [1.165, 1.54) is 12.1 Å². The molecular formula is C11H13ClFNO. The van der Waals surface area contributed by atoms with E-state index in [1.54, 1.807) is 12.3 Å². The first-order chi connectivity index (χ1) is 6.66. The van der Waals surface area contributed by atoms with Crippen molar-refractivity contribution in [2.75, 3.05) is 0 Å². The lowest BCUT2D eigenvalue weighted by Crippen LogP contribution is -2.17. The molecule has 1 heterocycles. The van der Waals surface area contributed by atoms with E-state index in [0.717, 1.165) is 16.5 Å². The van der Waals surface area contributed by atoms with E-state index in [1.807, 2.05) is 6.92 Å². The molecule has 0 aliphatic rings. The summed E-state index contributed by atoms with van der Waals surface area (Å²) in [5.41, 5.74) is 7.24.